The maximum atomic E-state index is 8.40. The second kappa shape index (κ2) is 3.72. The molecule has 0 aliphatic rings. The van der Waals surface area contributed by atoms with Crippen molar-refractivity contribution in [3.63, 3.8) is 0 Å². The van der Waals surface area contributed by atoms with Gasteiger partial charge in [-0.05, 0) is 24.1 Å². The Hall–Kier alpha value is -0.570. The molecular weight excluding hydrogens is 162 g/mol. The topological polar surface area (TPSA) is 32.3 Å². The van der Waals surface area contributed by atoms with Crippen LogP contribution in [0.3, 0.4) is 0 Å². The van der Waals surface area contributed by atoms with Crippen LogP contribution in [0, 0.1) is 6.92 Å². The maximum Gasteiger partial charge on any atom is 0.0458 e. The van der Waals surface area contributed by atoms with Gasteiger partial charge in [-0.25, -0.2) is 5.48 Å². The van der Waals surface area contributed by atoms with Crippen LogP contribution in [0.25, 0.3) is 0 Å². The van der Waals surface area contributed by atoms with Gasteiger partial charge >= 0.3 is 0 Å². The van der Waals surface area contributed by atoms with Gasteiger partial charge in [0, 0.05) is 11.6 Å². The molecule has 1 aromatic carbocycles. The van der Waals surface area contributed by atoms with Crippen molar-refractivity contribution in [3.8, 4) is 0 Å². The van der Waals surface area contributed by atoms with E-state index < -0.39 is 0 Å². The highest BCUT2D eigenvalue weighted by Crippen LogP contribution is 2.15. The van der Waals surface area contributed by atoms with E-state index in [1.54, 1.807) is 0 Å². The van der Waals surface area contributed by atoms with Crippen LogP contribution in [0.1, 0.15) is 11.1 Å². The van der Waals surface area contributed by atoms with Gasteiger partial charge in [-0.3, -0.25) is 0 Å². The van der Waals surface area contributed by atoms with Gasteiger partial charge in [-0.2, -0.15) is 0 Å². The van der Waals surface area contributed by atoms with Crippen molar-refractivity contribution in [2.75, 3.05) is 0 Å². The smallest absolute Gasteiger partial charge is 0.0458 e. The molecule has 0 spiro atoms. The number of hydrogen-bond acceptors (Lipinski definition) is 2. The number of halogens is 1. The van der Waals surface area contributed by atoms with Gasteiger partial charge in [0.05, 0.1) is 0 Å². The van der Waals surface area contributed by atoms with E-state index in [0.29, 0.717) is 6.54 Å². The summed E-state index contributed by atoms with van der Waals surface area (Å²) >= 11 is 5.80. The largest absolute Gasteiger partial charge is 0.316 e. The monoisotopic (exact) mass is 171 g/mol. The first-order valence-electron chi connectivity index (χ1n) is 3.36. The highest BCUT2D eigenvalue weighted by atomic mass is 35.5. The van der Waals surface area contributed by atoms with Gasteiger partial charge in [0.1, 0.15) is 0 Å². The Balaban J connectivity index is 2.86. The van der Waals surface area contributed by atoms with Crippen LogP contribution in [0.5, 0.6) is 0 Å². The molecule has 0 aromatic heterocycles. The summed E-state index contributed by atoms with van der Waals surface area (Å²) in [5.41, 5.74) is 4.14. The predicted molar refractivity (Wildman–Crippen MR) is 44.8 cm³/mol. The summed E-state index contributed by atoms with van der Waals surface area (Å²) in [4.78, 5) is 0. The Kier molecular flexibility index (Phi) is 2.88. The van der Waals surface area contributed by atoms with Crippen LogP contribution in [0.15, 0.2) is 18.2 Å². The molecule has 0 atom stereocenters. The number of hydroxylamine groups is 1. The molecule has 1 aromatic rings. The minimum atomic E-state index is 0.456. The minimum Gasteiger partial charge on any atom is -0.316 e. The van der Waals surface area contributed by atoms with Gasteiger partial charge in [0.25, 0.3) is 0 Å². The standard InChI is InChI=1S/C8H10ClNO/c1-6-4-7(5-10-11)2-3-8(6)9/h2-4,10-11H,5H2,1H3. The van der Waals surface area contributed by atoms with E-state index in [0.717, 1.165) is 16.1 Å². The third-order valence-corrected chi connectivity index (χ3v) is 1.93. The normalized spacial score (nSPS) is 10.1. The summed E-state index contributed by atoms with van der Waals surface area (Å²) in [6.45, 7) is 2.39. The molecule has 3 heteroatoms. The fraction of sp³-hybridized carbons (Fsp3) is 0.250. The fourth-order valence-corrected chi connectivity index (χ4v) is 1.03. The Bertz CT molecular complexity index is 250. The van der Waals surface area contributed by atoms with Gasteiger partial charge in [-0.15, -0.1) is 0 Å². The van der Waals surface area contributed by atoms with E-state index >= 15 is 0 Å². The lowest BCUT2D eigenvalue weighted by Crippen LogP contribution is -2.05. The quantitative estimate of drug-likeness (QED) is 0.669. The summed E-state index contributed by atoms with van der Waals surface area (Å²) in [5.74, 6) is 0. The van der Waals surface area contributed by atoms with Crippen LogP contribution in [0.2, 0.25) is 5.02 Å². The first-order valence-corrected chi connectivity index (χ1v) is 3.74. The van der Waals surface area contributed by atoms with Gasteiger partial charge < -0.3 is 5.21 Å². The van der Waals surface area contributed by atoms with Crippen molar-refractivity contribution in [2.45, 2.75) is 13.5 Å². The van der Waals surface area contributed by atoms with Crippen LogP contribution in [0.4, 0.5) is 0 Å². The first-order chi connectivity index (χ1) is 5.24. The van der Waals surface area contributed by atoms with Gasteiger partial charge in [0.2, 0.25) is 0 Å². The molecule has 0 unspecified atom stereocenters. The molecule has 0 aliphatic heterocycles. The fourth-order valence-electron chi connectivity index (χ4n) is 0.908. The highest BCUT2D eigenvalue weighted by molar-refractivity contribution is 6.31. The molecule has 0 bridgehead atoms. The van der Waals surface area contributed by atoms with Crippen LogP contribution >= 0.6 is 11.6 Å². The van der Waals surface area contributed by atoms with E-state index in [1.165, 1.54) is 0 Å². The molecule has 2 N–H and O–H groups in total. The number of nitrogens with one attached hydrogen (secondary N) is 1. The Morgan fingerprint density at radius 1 is 1.55 bits per heavy atom. The van der Waals surface area contributed by atoms with Crippen LogP contribution in [-0.4, -0.2) is 5.21 Å². The molecule has 0 fully saturated rings. The lowest BCUT2D eigenvalue weighted by molar-refractivity contribution is 0.161. The number of aryl methyl sites for hydroxylation is 1. The number of benzene rings is 1. The Morgan fingerprint density at radius 2 is 2.27 bits per heavy atom. The summed E-state index contributed by atoms with van der Waals surface area (Å²) in [5, 5.41) is 9.15. The molecule has 11 heavy (non-hydrogen) atoms. The average Bonchev–Trinajstić information content (AvgIpc) is 1.98. The van der Waals surface area contributed by atoms with Crippen LogP contribution in [-0.2, 0) is 6.54 Å². The predicted octanol–water partition coefficient (Wildman–Crippen LogP) is 2.13. The molecule has 1 rings (SSSR count). The van der Waals surface area contributed by atoms with E-state index in [2.05, 4.69) is 5.48 Å². The Morgan fingerprint density at radius 3 is 2.82 bits per heavy atom. The van der Waals surface area contributed by atoms with Gasteiger partial charge in [-0.1, -0.05) is 23.7 Å². The molecule has 0 aliphatic carbocycles. The van der Waals surface area contributed by atoms with Crippen molar-refractivity contribution < 1.29 is 5.21 Å². The third kappa shape index (κ3) is 2.19. The van der Waals surface area contributed by atoms with Crippen molar-refractivity contribution in [2.24, 2.45) is 0 Å². The van der Waals surface area contributed by atoms with Gasteiger partial charge in [0.15, 0.2) is 0 Å². The molecule has 2 nitrogen and oxygen atoms in total. The van der Waals surface area contributed by atoms with Crippen molar-refractivity contribution in [1.82, 2.24) is 5.48 Å². The van der Waals surface area contributed by atoms with E-state index in [9.17, 15) is 0 Å². The molecule has 60 valence electrons. The molecule has 0 heterocycles. The minimum absolute atomic E-state index is 0.456. The number of rotatable bonds is 2. The maximum absolute atomic E-state index is 8.40. The SMILES string of the molecule is Cc1cc(CNO)ccc1Cl. The molecular formula is C8H10ClNO. The van der Waals surface area contributed by atoms with Crippen molar-refractivity contribution in [3.05, 3.63) is 34.3 Å². The Labute approximate surface area is 70.8 Å². The van der Waals surface area contributed by atoms with Crippen molar-refractivity contribution >= 4 is 11.6 Å². The summed E-state index contributed by atoms with van der Waals surface area (Å²) in [6.07, 6.45) is 0. The highest BCUT2D eigenvalue weighted by Gasteiger charge is 1.95. The summed E-state index contributed by atoms with van der Waals surface area (Å²) in [7, 11) is 0. The molecule has 0 saturated heterocycles. The molecule has 0 radical (unpaired) electrons. The van der Waals surface area contributed by atoms with E-state index in [4.69, 9.17) is 16.8 Å². The zero-order chi connectivity index (χ0) is 8.27. The van der Waals surface area contributed by atoms with E-state index in [-0.39, 0.29) is 0 Å². The molecule has 0 amide bonds. The van der Waals surface area contributed by atoms with Crippen LogP contribution < -0.4 is 5.48 Å². The van der Waals surface area contributed by atoms with Crippen molar-refractivity contribution in [1.29, 1.82) is 0 Å². The average molecular weight is 172 g/mol. The zero-order valence-electron chi connectivity index (χ0n) is 6.26. The van der Waals surface area contributed by atoms with E-state index in [1.807, 2.05) is 25.1 Å². The second-order valence-electron chi connectivity index (χ2n) is 2.42. The first kappa shape index (κ1) is 8.53. The molecule has 0 saturated carbocycles. The number of hydrogen-bond donors (Lipinski definition) is 2. The lowest BCUT2D eigenvalue weighted by atomic mass is 10.1. The second-order valence-corrected chi connectivity index (χ2v) is 2.83. The zero-order valence-corrected chi connectivity index (χ0v) is 7.02. The third-order valence-electron chi connectivity index (χ3n) is 1.51. The summed E-state index contributed by atoms with van der Waals surface area (Å²) < 4.78 is 0. The lowest BCUT2D eigenvalue weighted by Gasteiger charge is -2.01. The summed E-state index contributed by atoms with van der Waals surface area (Å²) in [6, 6.07) is 5.63.